The van der Waals surface area contributed by atoms with Crippen molar-refractivity contribution in [2.75, 3.05) is 6.54 Å². The van der Waals surface area contributed by atoms with Crippen LogP contribution in [0, 0.1) is 10.1 Å². The van der Waals surface area contributed by atoms with Crippen molar-refractivity contribution in [1.29, 1.82) is 0 Å². The zero-order chi connectivity index (χ0) is 17.4. The Balaban J connectivity index is 2.33. The maximum atomic E-state index is 14.1. The molecule has 1 aromatic heterocycles. The van der Waals surface area contributed by atoms with Gasteiger partial charge in [0.15, 0.2) is 5.41 Å². The number of nitrogens with zero attached hydrogens (tertiary/aromatic N) is 1. The normalized spacial score (nSPS) is 14.5. The molecule has 0 aliphatic heterocycles. The average Bonchev–Trinajstić information content (AvgIpc) is 2.96. The molecule has 0 unspecified atom stereocenters. The van der Waals surface area contributed by atoms with Crippen molar-refractivity contribution in [2.45, 2.75) is 11.6 Å². The Morgan fingerprint density at radius 1 is 1.00 bits per heavy atom. The summed E-state index contributed by atoms with van der Waals surface area (Å²) in [5, 5.41) is 11.7. The SMILES string of the molecule is O=[N+]([O-])C[C@](c1ccccc1)(c1cc2ccccc2[nH]1)C(F)(F)F. The van der Waals surface area contributed by atoms with Crippen molar-refractivity contribution >= 4 is 10.9 Å². The number of fused-ring (bicyclic) bond motifs is 1. The lowest BCUT2D eigenvalue weighted by molar-refractivity contribution is -0.498. The van der Waals surface area contributed by atoms with Crippen LogP contribution in [0.1, 0.15) is 11.3 Å². The molecule has 3 aromatic rings. The fourth-order valence-electron chi connectivity index (χ4n) is 2.96. The molecule has 7 heteroatoms. The second kappa shape index (κ2) is 5.67. The van der Waals surface area contributed by atoms with E-state index in [9.17, 15) is 23.3 Å². The number of aromatic amines is 1. The van der Waals surface area contributed by atoms with Gasteiger partial charge in [-0.05, 0) is 23.1 Å². The number of rotatable bonds is 4. The first-order chi connectivity index (χ1) is 11.3. The van der Waals surface area contributed by atoms with Gasteiger partial charge in [0.05, 0.1) is 0 Å². The summed E-state index contributed by atoms with van der Waals surface area (Å²) in [5.41, 5.74) is -2.64. The molecule has 0 radical (unpaired) electrons. The van der Waals surface area contributed by atoms with Gasteiger partial charge in [-0.25, -0.2) is 0 Å². The van der Waals surface area contributed by atoms with E-state index in [-0.39, 0.29) is 11.3 Å². The lowest BCUT2D eigenvalue weighted by Crippen LogP contribution is -2.49. The number of hydrogen-bond acceptors (Lipinski definition) is 2. The van der Waals surface area contributed by atoms with Crippen LogP contribution in [-0.4, -0.2) is 22.6 Å². The molecule has 0 fully saturated rings. The monoisotopic (exact) mass is 334 g/mol. The number of nitrogens with one attached hydrogen (secondary N) is 1. The second-order valence-electron chi connectivity index (χ2n) is 5.53. The quantitative estimate of drug-likeness (QED) is 0.571. The lowest BCUT2D eigenvalue weighted by atomic mass is 9.76. The number of H-pyrrole nitrogens is 1. The Morgan fingerprint density at radius 3 is 2.21 bits per heavy atom. The van der Waals surface area contributed by atoms with Crippen molar-refractivity contribution < 1.29 is 18.1 Å². The molecule has 0 amide bonds. The van der Waals surface area contributed by atoms with E-state index in [1.165, 1.54) is 30.3 Å². The van der Waals surface area contributed by atoms with Gasteiger partial charge >= 0.3 is 6.18 Å². The largest absolute Gasteiger partial charge is 0.410 e. The van der Waals surface area contributed by atoms with Crippen molar-refractivity contribution in [3.05, 3.63) is 82.0 Å². The predicted octanol–water partition coefficient (Wildman–Crippen LogP) is 4.29. The predicted molar refractivity (Wildman–Crippen MR) is 83.4 cm³/mol. The molecule has 0 saturated carbocycles. The molecule has 2 aromatic carbocycles. The summed E-state index contributed by atoms with van der Waals surface area (Å²) >= 11 is 0. The minimum absolute atomic E-state index is 0.166. The fraction of sp³-hybridized carbons (Fsp3) is 0.176. The van der Waals surface area contributed by atoms with E-state index < -0.39 is 23.1 Å². The zero-order valence-electron chi connectivity index (χ0n) is 12.4. The van der Waals surface area contributed by atoms with Gasteiger partial charge < -0.3 is 4.98 Å². The molecule has 0 aliphatic carbocycles. The summed E-state index contributed by atoms with van der Waals surface area (Å²) in [4.78, 5) is 12.9. The molecule has 0 spiro atoms. The Hall–Kier alpha value is -2.83. The van der Waals surface area contributed by atoms with Crippen molar-refractivity contribution in [3.63, 3.8) is 0 Å². The molecule has 1 atom stereocenters. The van der Waals surface area contributed by atoms with Crippen molar-refractivity contribution in [1.82, 2.24) is 4.98 Å². The molecule has 124 valence electrons. The number of nitro groups is 1. The summed E-state index contributed by atoms with van der Waals surface area (Å²) in [5.74, 6) is 0. The number of alkyl halides is 3. The molecule has 1 N–H and O–H groups in total. The van der Waals surface area contributed by atoms with Crippen LogP contribution in [0.3, 0.4) is 0 Å². The third-order valence-corrected chi connectivity index (χ3v) is 4.11. The van der Waals surface area contributed by atoms with Crippen LogP contribution in [0.25, 0.3) is 10.9 Å². The van der Waals surface area contributed by atoms with E-state index in [1.807, 2.05) is 0 Å². The maximum Gasteiger partial charge on any atom is 0.410 e. The maximum absolute atomic E-state index is 14.1. The average molecular weight is 334 g/mol. The number of benzene rings is 2. The minimum atomic E-state index is -4.84. The summed E-state index contributed by atoms with van der Waals surface area (Å²) < 4.78 is 42.3. The second-order valence-corrected chi connectivity index (χ2v) is 5.53. The molecule has 3 rings (SSSR count). The summed E-state index contributed by atoms with van der Waals surface area (Å²) in [6, 6.07) is 15.0. The summed E-state index contributed by atoms with van der Waals surface area (Å²) in [6.07, 6.45) is -4.84. The van der Waals surface area contributed by atoms with E-state index in [2.05, 4.69) is 4.98 Å². The highest BCUT2D eigenvalue weighted by molar-refractivity contribution is 5.81. The Bertz CT molecular complexity index is 841. The number of para-hydroxylation sites is 1. The number of aromatic nitrogens is 1. The van der Waals surface area contributed by atoms with Gasteiger partial charge in [0.25, 0.3) is 0 Å². The van der Waals surface area contributed by atoms with Gasteiger partial charge in [-0.1, -0.05) is 48.5 Å². The van der Waals surface area contributed by atoms with Crippen LogP contribution >= 0.6 is 0 Å². The highest BCUT2D eigenvalue weighted by Crippen LogP contribution is 2.46. The van der Waals surface area contributed by atoms with Crippen LogP contribution in [0.5, 0.6) is 0 Å². The molecule has 0 bridgehead atoms. The summed E-state index contributed by atoms with van der Waals surface area (Å²) in [6.45, 7) is -1.28. The van der Waals surface area contributed by atoms with Crippen LogP contribution < -0.4 is 0 Å². The van der Waals surface area contributed by atoms with Crippen LogP contribution in [-0.2, 0) is 5.41 Å². The molecule has 1 heterocycles. The number of hydrogen-bond donors (Lipinski definition) is 1. The third kappa shape index (κ3) is 2.51. The molecular formula is C17H13F3N2O2. The van der Waals surface area contributed by atoms with Crippen LogP contribution in [0.15, 0.2) is 60.7 Å². The van der Waals surface area contributed by atoms with Crippen LogP contribution in [0.2, 0.25) is 0 Å². The molecule has 0 aliphatic rings. The first-order valence-corrected chi connectivity index (χ1v) is 7.17. The first-order valence-electron chi connectivity index (χ1n) is 7.17. The fourth-order valence-corrected chi connectivity index (χ4v) is 2.96. The minimum Gasteiger partial charge on any atom is -0.357 e. The molecule has 0 saturated heterocycles. The highest BCUT2D eigenvalue weighted by Gasteiger charge is 2.61. The first kappa shape index (κ1) is 16.0. The van der Waals surface area contributed by atoms with Gasteiger partial charge in [0, 0.05) is 16.1 Å². The Morgan fingerprint density at radius 2 is 1.62 bits per heavy atom. The van der Waals surface area contributed by atoms with Gasteiger partial charge in [0.2, 0.25) is 6.54 Å². The zero-order valence-corrected chi connectivity index (χ0v) is 12.4. The van der Waals surface area contributed by atoms with E-state index in [1.54, 1.807) is 30.3 Å². The Labute approximate surface area is 135 Å². The van der Waals surface area contributed by atoms with Crippen molar-refractivity contribution in [2.24, 2.45) is 0 Å². The third-order valence-electron chi connectivity index (χ3n) is 4.11. The standard InChI is InChI=1S/C17H13F3N2O2/c18-17(19,20)16(11-22(23)24,13-7-2-1-3-8-13)15-10-12-6-4-5-9-14(12)21-15/h1-10,21H,11H2/t16-/m0/s1. The van der Waals surface area contributed by atoms with E-state index in [0.717, 1.165) is 0 Å². The Kier molecular flexibility index (Phi) is 3.79. The number of halogens is 3. The van der Waals surface area contributed by atoms with Crippen molar-refractivity contribution in [3.8, 4) is 0 Å². The molecule has 4 nitrogen and oxygen atoms in total. The van der Waals surface area contributed by atoms with Gasteiger partial charge in [-0.15, -0.1) is 0 Å². The van der Waals surface area contributed by atoms with Gasteiger partial charge in [0.1, 0.15) is 0 Å². The van der Waals surface area contributed by atoms with E-state index in [0.29, 0.717) is 10.9 Å². The van der Waals surface area contributed by atoms with Gasteiger partial charge in [-0.3, -0.25) is 10.1 Å². The van der Waals surface area contributed by atoms with Crippen LogP contribution in [0.4, 0.5) is 13.2 Å². The smallest absolute Gasteiger partial charge is 0.357 e. The lowest BCUT2D eigenvalue weighted by Gasteiger charge is -2.32. The van der Waals surface area contributed by atoms with E-state index >= 15 is 0 Å². The van der Waals surface area contributed by atoms with Gasteiger partial charge in [-0.2, -0.15) is 13.2 Å². The highest BCUT2D eigenvalue weighted by atomic mass is 19.4. The topological polar surface area (TPSA) is 58.9 Å². The molecule has 24 heavy (non-hydrogen) atoms. The molecular weight excluding hydrogens is 321 g/mol. The van der Waals surface area contributed by atoms with E-state index in [4.69, 9.17) is 0 Å². The summed E-state index contributed by atoms with van der Waals surface area (Å²) in [7, 11) is 0.